The summed E-state index contributed by atoms with van der Waals surface area (Å²) in [5, 5.41) is 4.84. The maximum absolute atomic E-state index is 13.5. The van der Waals surface area contributed by atoms with Crippen LogP contribution >= 0.6 is 24.0 Å². The molecule has 11 heteroatoms. The lowest BCUT2D eigenvalue weighted by Crippen LogP contribution is -2.37. The Kier molecular flexibility index (Phi) is 8.86. The molecule has 0 radical (unpaired) electrons. The molecule has 0 N–H and O–H groups in total. The van der Waals surface area contributed by atoms with Crippen LogP contribution < -0.4 is 0 Å². The van der Waals surface area contributed by atoms with Crippen molar-refractivity contribution in [1.29, 1.82) is 0 Å². The second-order valence-corrected chi connectivity index (χ2v) is 13.6. The molecule has 0 aliphatic carbocycles. The van der Waals surface area contributed by atoms with E-state index in [1.165, 1.54) is 11.8 Å². The number of benzene rings is 2. The van der Waals surface area contributed by atoms with Gasteiger partial charge in [0.2, 0.25) is 10.0 Å². The largest absolute Gasteiger partial charge is 0.385 e. The Bertz CT molecular complexity index is 1530. The van der Waals surface area contributed by atoms with Gasteiger partial charge in [-0.25, -0.2) is 13.1 Å². The van der Waals surface area contributed by atoms with Crippen LogP contribution in [-0.4, -0.2) is 71.0 Å². The normalized spacial score (nSPS) is 18.2. The summed E-state index contributed by atoms with van der Waals surface area (Å²) in [7, 11) is -2.01. The number of thioether (sulfide) groups is 1. The van der Waals surface area contributed by atoms with E-state index in [0.29, 0.717) is 64.6 Å². The number of carbonyl (C=O) groups is 1. The second kappa shape index (κ2) is 12.4. The fourth-order valence-corrected chi connectivity index (χ4v) is 7.62. The zero-order valence-electron chi connectivity index (χ0n) is 22.5. The highest BCUT2D eigenvalue weighted by molar-refractivity contribution is 8.26. The fourth-order valence-electron chi connectivity index (χ4n) is 4.81. The van der Waals surface area contributed by atoms with Gasteiger partial charge in [0.15, 0.2) is 0 Å². The average Bonchev–Trinajstić information content (AvgIpc) is 3.50. The molecular formula is C29H32N4O4S3. The Morgan fingerprint density at radius 2 is 1.88 bits per heavy atom. The first-order chi connectivity index (χ1) is 19.3. The van der Waals surface area contributed by atoms with Crippen LogP contribution in [0.5, 0.6) is 0 Å². The number of aromatic nitrogens is 2. The van der Waals surface area contributed by atoms with Crippen LogP contribution in [0.15, 0.2) is 70.6 Å². The minimum absolute atomic E-state index is 0.153. The van der Waals surface area contributed by atoms with Gasteiger partial charge in [0.1, 0.15) is 10.0 Å². The molecule has 3 heterocycles. The summed E-state index contributed by atoms with van der Waals surface area (Å²) in [6, 6.07) is 16.6. The van der Waals surface area contributed by atoms with Crippen molar-refractivity contribution in [2.75, 3.05) is 33.4 Å². The first kappa shape index (κ1) is 28.7. The molecule has 2 fully saturated rings. The van der Waals surface area contributed by atoms with E-state index < -0.39 is 10.0 Å². The number of ether oxygens (including phenoxy) is 1. The number of carbonyl (C=O) groups excluding carboxylic acids is 1. The molecule has 2 aliphatic rings. The van der Waals surface area contributed by atoms with E-state index in [-0.39, 0.29) is 10.8 Å². The Morgan fingerprint density at radius 3 is 2.60 bits per heavy atom. The van der Waals surface area contributed by atoms with Crippen LogP contribution in [-0.2, 0) is 19.6 Å². The zero-order valence-corrected chi connectivity index (χ0v) is 25.0. The van der Waals surface area contributed by atoms with Crippen molar-refractivity contribution >= 4 is 50.3 Å². The molecule has 2 aromatic carbocycles. The number of piperidine rings is 1. The third-order valence-corrected chi connectivity index (χ3v) is 10.4. The van der Waals surface area contributed by atoms with E-state index in [4.69, 9.17) is 22.1 Å². The topological polar surface area (TPSA) is 84.7 Å². The first-order valence-corrected chi connectivity index (χ1v) is 15.9. The number of thiocarbonyl (C=S) groups is 1. The van der Waals surface area contributed by atoms with E-state index in [9.17, 15) is 13.2 Å². The van der Waals surface area contributed by atoms with Gasteiger partial charge in [-0.2, -0.15) is 9.40 Å². The third kappa shape index (κ3) is 6.08. The standard InChI is InChI=1S/C29H32N4O4S3/c1-21-12-15-31(16-13-21)40(35,36)25-11-6-8-22(18-25)27-23(20-33(30-27)24-9-4-3-5-10-24)19-26-28(34)32(29(38)39-26)14-7-17-37-2/h3-6,8-11,18-21H,7,12-17H2,1-2H3/b26-19-. The zero-order chi connectivity index (χ0) is 28.3. The van der Waals surface area contributed by atoms with E-state index in [1.54, 1.807) is 45.3 Å². The molecule has 210 valence electrons. The van der Waals surface area contributed by atoms with Crippen molar-refractivity contribution < 1.29 is 17.9 Å². The average molecular weight is 597 g/mol. The summed E-state index contributed by atoms with van der Waals surface area (Å²) in [5.74, 6) is 0.371. The van der Waals surface area contributed by atoms with Gasteiger partial charge in [0, 0.05) is 50.7 Å². The quantitative estimate of drug-likeness (QED) is 0.191. The van der Waals surface area contributed by atoms with Gasteiger partial charge in [-0.15, -0.1) is 0 Å². The van der Waals surface area contributed by atoms with Crippen LogP contribution in [0, 0.1) is 5.92 Å². The van der Waals surface area contributed by atoms with Gasteiger partial charge in [-0.05, 0) is 55.5 Å². The van der Waals surface area contributed by atoms with E-state index in [0.717, 1.165) is 18.5 Å². The summed E-state index contributed by atoms with van der Waals surface area (Å²) >= 11 is 6.75. The van der Waals surface area contributed by atoms with Crippen molar-refractivity contribution in [3.8, 4) is 16.9 Å². The molecule has 1 amide bonds. The number of rotatable bonds is 9. The monoisotopic (exact) mass is 596 g/mol. The minimum Gasteiger partial charge on any atom is -0.385 e. The molecule has 2 saturated heterocycles. The highest BCUT2D eigenvalue weighted by Crippen LogP contribution is 2.35. The number of nitrogens with zero attached hydrogens (tertiary/aromatic N) is 4. The van der Waals surface area contributed by atoms with E-state index in [1.807, 2.05) is 42.6 Å². The van der Waals surface area contributed by atoms with Crippen LogP contribution in [0.4, 0.5) is 0 Å². The van der Waals surface area contributed by atoms with Gasteiger partial charge < -0.3 is 4.74 Å². The number of methoxy groups -OCH3 is 1. The molecule has 2 aliphatic heterocycles. The SMILES string of the molecule is COCCCN1C(=O)/C(=C/c2cn(-c3ccccc3)nc2-c2cccc(S(=O)(=O)N3CCC(C)CC3)c2)SC1=S. The van der Waals surface area contributed by atoms with Gasteiger partial charge in [0.25, 0.3) is 5.91 Å². The minimum atomic E-state index is -3.64. The number of amides is 1. The first-order valence-electron chi connectivity index (χ1n) is 13.3. The molecule has 0 unspecified atom stereocenters. The lowest BCUT2D eigenvalue weighted by Gasteiger charge is -2.29. The maximum atomic E-state index is 13.5. The van der Waals surface area contributed by atoms with Crippen molar-refractivity contribution in [3.05, 3.63) is 71.3 Å². The Labute approximate surface area is 245 Å². The molecule has 5 rings (SSSR count). The molecule has 8 nitrogen and oxygen atoms in total. The summed E-state index contributed by atoms with van der Waals surface area (Å²) in [5.41, 5.74) is 2.78. The Morgan fingerprint density at radius 1 is 1.12 bits per heavy atom. The van der Waals surface area contributed by atoms with Crippen molar-refractivity contribution in [1.82, 2.24) is 19.0 Å². The smallest absolute Gasteiger partial charge is 0.266 e. The molecule has 40 heavy (non-hydrogen) atoms. The van der Waals surface area contributed by atoms with Gasteiger partial charge >= 0.3 is 0 Å². The van der Waals surface area contributed by atoms with Crippen LogP contribution in [0.25, 0.3) is 23.0 Å². The Balaban J connectivity index is 1.52. The fraction of sp³-hybridized carbons (Fsp3) is 0.345. The molecular weight excluding hydrogens is 565 g/mol. The van der Waals surface area contributed by atoms with E-state index in [2.05, 4.69) is 6.92 Å². The lowest BCUT2D eigenvalue weighted by molar-refractivity contribution is -0.122. The van der Waals surface area contributed by atoms with Crippen LogP contribution in [0.2, 0.25) is 0 Å². The molecule has 0 atom stereocenters. The number of hydrogen-bond donors (Lipinski definition) is 0. The van der Waals surface area contributed by atoms with Crippen molar-refractivity contribution in [2.45, 2.75) is 31.1 Å². The predicted molar refractivity (Wildman–Crippen MR) is 163 cm³/mol. The number of para-hydroxylation sites is 1. The summed E-state index contributed by atoms with van der Waals surface area (Å²) in [6.07, 6.45) is 6.05. The number of sulfonamides is 1. The second-order valence-electron chi connectivity index (χ2n) is 10.0. The van der Waals surface area contributed by atoms with Crippen LogP contribution in [0.3, 0.4) is 0 Å². The maximum Gasteiger partial charge on any atom is 0.266 e. The van der Waals surface area contributed by atoms with Gasteiger partial charge in [-0.3, -0.25) is 9.69 Å². The van der Waals surface area contributed by atoms with Crippen LogP contribution in [0.1, 0.15) is 31.7 Å². The van der Waals surface area contributed by atoms with Gasteiger partial charge in [-0.1, -0.05) is 61.2 Å². The molecule has 0 saturated carbocycles. The Hall–Kier alpha value is -2.83. The third-order valence-electron chi connectivity index (χ3n) is 7.14. The van der Waals surface area contributed by atoms with Crippen molar-refractivity contribution in [2.24, 2.45) is 5.92 Å². The predicted octanol–water partition coefficient (Wildman–Crippen LogP) is 5.20. The molecule has 3 aromatic rings. The van der Waals surface area contributed by atoms with E-state index >= 15 is 0 Å². The highest BCUT2D eigenvalue weighted by Gasteiger charge is 2.32. The summed E-state index contributed by atoms with van der Waals surface area (Å²) < 4.78 is 36.0. The highest BCUT2D eigenvalue weighted by atomic mass is 32.2. The molecule has 1 aromatic heterocycles. The molecule has 0 spiro atoms. The molecule has 0 bridgehead atoms. The summed E-state index contributed by atoms with van der Waals surface area (Å²) in [4.78, 5) is 15.6. The number of hydrogen-bond acceptors (Lipinski definition) is 7. The lowest BCUT2D eigenvalue weighted by atomic mass is 10.0. The van der Waals surface area contributed by atoms with Crippen molar-refractivity contribution in [3.63, 3.8) is 0 Å². The van der Waals surface area contributed by atoms with Gasteiger partial charge in [0.05, 0.1) is 15.5 Å². The summed E-state index contributed by atoms with van der Waals surface area (Å²) in [6.45, 7) is 4.23.